The number of hydrogen-bond acceptors (Lipinski definition) is 3. The highest BCUT2D eigenvalue weighted by atomic mass is 35.5. The van der Waals surface area contributed by atoms with Gasteiger partial charge in [0.2, 0.25) is 5.78 Å². The van der Waals surface area contributed by atoms with Gasteiger partial charge in [-0.2, -0.15) is 5.26 Å². The summed E-state index contributed by atoms with van der Waals surface area (Å²) in [4.78, 5) is 12.7. The molecule has 2 aromatic carbocycles. The molecule has 0 amide bonds. The minimum Gasteiger partial charge on any atom is -0.288 e. The van der Waals surface area contributed by atoms with Gasteiger partial charge in [0, 0.05) is 31.1 Å². The minimum absolute atomic E-state index is 0.0396. The minimum atomic E-state index is -0.309. The summed E-state index contributed by atoms with van der Waals surface area (Å²) in [5.74, 6) is -0.309. The van der Waals surface area contributed by atoms with Crippen LogP contribution >= 0.6 is 34.5 Å². The van der Waals surface area contributed by atoms with Crippen LogP contribution in [-0.2, 0) is 0 Å². The van der Waals surface area contributed by atoms with Crippen LogP contribution in [0.15, 0.2) is 53.4 Å². The van der Waals surface area contributed by atoms with Crippen LogP contribution in [0.1, 0.15) is 15.9 Å². The molecule has 0 N–H and O–H groups in total. The van der Waals surface area contributed by atoms with Gasteiger partial charge in [-0.05, 0) is 29.8 Å². The number of nitriles is 1. The van der Waals surface area contributed by atoms with Gasteiger partial charge in [-0.15, -0.1) is 11.3 Å². The summed E-state index contributed by atoms with van der Waals surface area (Å²) in [7, 11) is 0. The summed E-state index contributed by atoms with van der Waals surface area (Å²) in [6, 6.07) is 14.5. The van der Waals surface area contributed by atoms with E-state index in [9.17, 15) is 10.1 Å². The molecule has 0 bridgehead atoms. The number of carbonyl (C=O) groups excluding carboxylic acids is 1. The summed E-state index contributed by atoms with van der Waals surface area (Å²) in [6.07, 6.45) is 1.49. The molecule has 3 rings (SSSR count). The highest BCUT2D eigenvalue weighted by Crippen LogP contribution is 2.29. The highest BCUT2D eigenvalue weighted by Gasteiger charge is 2.17. The topological polar surface area (TPSA) is 40.9 Å². The largest absolute Gasteiger partial charge is 0.288 e. The fourth-order valence-corrected chi connectivity index (χ4v) is 3.63. The molecule has 0 aliphatic rings. The quantitative estimate of drug-likeness (QED) is 0.327. The second-order valence-electron chi connectivity index (χ2n) is 4.81. The van der Waals surface area contributed by atoms with Crippen LogP contribution in [-0.4, -0.2) is 5.78 Å². The Morgan fingerprint density at radius 2 is 1.96 bits per heavy atom. The van der Waals surface area contributed by atoms with Crippen molar-refractivity contribution in [1.29, 1.82) is 5.26 Å². The standard InChI is InChI=1S/C18H9Cl2NOS/c19-13-6-5-11(16(20)8-13)7-12(9-21)18(22)15-10-23-17-4-2-1-3-14(15)17/h1-8,10H. The Morgan fingerprint density at radius 3 is 2.70 bits per heavy atom. The molecule has 0 unspecified atom stereocenters. The van der Waals surface area contributed by atoms with E-state index < -0.39 is 0 Å². The van der Waals surface area contributed by atoms with Gasteiger partial charge < -0.3 is 0 Å². The van der Waals surface area contributed by atoms with Crippen LogP contribution in [0, 0.1) is 11.3 Å². The zero-order valence-electron chi connectivity index (χ0n) is 11.7. The molecule has 0 saturated carbocycles. The Hall–Kier alpha value is -2.12. The van der Waals surface area contributed by atoms with Crippen LogP contribution in [0.5, 0.6) is 0 Å². The fraction of sp³-hybridized carbons (Fsp3) is 0. The van der Waals surface area contributed by atoms with Gasteiger partial charge in [-0.1, -0.05) is 47.5 Å². The number of thiophene rings is 1. The third kappa shape index (κ3) is 3.16. The number of halogens is 2. The first kappa shape index (κ1) is 15.8. The Labute approximate surface area is 147 Å². The molecule has 0 atom stereocenters. The third-order valence-electron chi connectivity index (χ3n) is 3.35. The lowest BCUT2D eigenvalue weighted by Crippen LogP contribution is -2.01. The summed E-state index contributed by atoms with van der Waals surface area (Å²) in [5, 5.41) is 12.9. The zero-order chi connectivity index (χ0) is 16.4. The van der Waals surface area contributed by atoms with Crippen molar-refractivity contribution in [2.45, 2.75) is 0 Å². The predicted octanol–water partition coefficient (Wildman–Crippen LogP) is 6.00. The molecule has 0 aliphatic carbocycles. The van der Waals surface area contributed by atoms with Gasteiger partial charge in [0.05, 0.1) is 0 Å². The lowest BCUT2D eigenvalue weighted by Gasteiger charge is -2.01. The van der Waals surface area contributed by atoms with Crippen molar-refractivity contribution in [3.8, 4) is 6.07 Å². The lowest BCUT2D eigenvalue weighted by atomic mass is 10.0. The van der Waals surface area contributed by atoms with E-state index in [1.54, 1.807) is 23.6 Å². The van der Waals surface area contributed by atoms with E-state index in [-0.39, 0.29) is 11.4 Å². The van der Waals surface area contributed by atoms with Gasteiger partial charge in [0.1, 0.15) is 11.6 Å². The van der Waals surface area contributed by atoms with Crippen LogP contribution in [0.3, 0.4) is 0 Å². The van der Waals surface area contributed by atoms with Gasteiger partial charge in [0.25, 0.3) is 0 Å². The fourth-order valence-electron chi connectivity index (χ4n) is 2.22. The molecule has 0 radical (unpaired) electrons. The molecule has 1 heterocycles. The van der Waals surface area contributed by atoms with E-state index in [0.717, 1.165) is 10.1 Å². The number of benzene rings is 2. The lowest BCUT2D eigenvalue weighted by molar-refractivity contribution is 0.104. The number of hydrogen-bond donors (Lipinski definition) is 0. The van der Waals surface area contributed by atoms with E-state index in [0.29, 0.717) is 21.2 Å². The molecule has 0 saturated heterocycles. The zero-order valence-corrected chi connectivity index (χ0v) is 14.0. The average Bonchev–Trinajstić information content (AvgIpc) is 2.97. The maximum atomic E-state index is 12.7. The van der Waals surface area contributed by atoms with Crippen molar-refractivity contribution >= 4 is 56.5 Å². The normalized spacial score (nSPS) is 11.4. The van der Waals surface area contributed by atoms with E-state index in [1.807, 2.05) is 30.3 Å². The van der Waals surface area contributed by atoms with Crippen LogP contribution < -0.4 is 0 Å². The number of Topliss-reactive ketones (excluding diaryl/α,β-unsaturated/α-hetero) is 1. The Bertz CT molecular complexity index is 982. The van der Waals surface area contributed by atoms with Gasteiger partial charge in [-0.3, -0.25) is 4.79 Å². The van der Waals surface area contributed by atoms with Crippen LogP contribution in [0.2, 0.25) is 10.0 Å². The average molecular weight is 358 g/mol. The third-order valence-corrected chi connectivity index (χ3v) is 4.88. The molecule has 1 aromatic heterocycles. The Kier molecular flexibility index (Phi) is 4.49. The van der Waals surface area contributed by atoms with E-state index in [4.69, 9.17) is 23.2 Å². The molecule has 2 nitrogen and oxygen atoms in total. The first-order valence-corrected chi connectivity index (χ1v) is 8.31. The van der Waals surface area contributed by atoms with Crippen molar-refractivity contribution in [3.05, 3.63) is 74.6 Å². The molecular weight excluding hydrogens is 349 g/mol. The molecule has 23 heavy (non-hydrogen) atoms. The van der Waals surface area contributed by atoms with Gasteiger partial charge in [-0.25, -0.2) is 0 Å². The maximum Gasteiger partial charge on any atom is 0.205 e. The summed E-state index contributed by atoms with van der Waals surface area (Å²) in [6.45, 7) is 0. The smallest absolute Gasteiger partial charge is 0.205 e. The van der Waals surface area contributed by atoms with E-state index in [1.165, 1.54) is 17.4 Å². The predicted molar refractivity (Wildman–Crippen MR) is 96.2 cm³/mol. The number of ketones is 1. The highest BCUT2D eigenvalue weighted by molar-refractivity contribution is 7.17. The van der Waals surface area contributed by atoms with Crippen LogP contribution in [0.25, 0.3) is 16.2 Å². The Morgan fingerprint density at radius 1 is 1.17 bits per heavy atom. The van der Waals surface area contributed by atoms with Crippen LogP contribution in [0.4, 0.5) is 0 Å². The van der Waals surface area contributed by atoms with Crippen molar-refractivity contribution in [2.75, 3.05) is 0 Å². The SMILES string of the molecule is N#CC(=Cc1ccc(Cl)cc1Cl)C(=O)c1csc2ccccc12. The molecular formula is C18H9Cl2NOS. The maximum absolute atomic E-state index is 12.7. The molecule has 5 heteroatoms. The van der Waals surface area contributed by atoms with Gasteiger partial charge >= 0.3 is 0 Å². The summed E-state index contributed by atoms with van der Waals surface area (Å²) in [5.41, 5.74) is 1.15. The number of rotatable bonds is 3. The molecule has 0 aliphatic heterocycles. The molecule has 0 fully saturated rings. The van der Waals surface area contributed by atoms with Crippen molar-refractivity contribution in [3.63, 3.8) is 0 Å². The monoisotopic (exact) mass is 357 g/mol. The van der Waals surface area contributed by atoms with Crippen molar-refractivity contribution in [1.82, 2.24) is 0 Å². The summed E-state index contributed by atoms with van der Waals surface area (Å²) >= 11 is 13.4. The molecule has 112 valence electrons. The molecule has 3 aromatic rings. The summed E-state index contributed by atoms with van der Waals surface area (Å²) < 4.78 is 1.01. The number of allylic oxidation sites excluding steroid dienone is 1. The second kappa shape index (κ2) is 6.55. The van der Waals surface area contributed by atoms with E-state index in [2.05, 4.69) is 0 Å². The molecule has 0 spiro atoms. The number of carbonyl (C=O) groups is 1. The van der Waals surface area contributed by atoms with Crippen molar-refractivity contribution in [2.24, 2.45) is 0 Å². The first-order chi connectivity index (χ1) is 11.1. The van der Waals surface area contributed by atoms with Crippen molar-refractivity contribution < 1.29 is 4.79 Å². The number of nitrogens with zero attached hydrogens (tertiary/aromatic N) is 1. The van der Waals surface area contributed by atoms with E-state index >= 15 is 0 Å². The second-order valence-corrected chi connectivity index (χ2v) is 6.57. The first-order valence-electron chi connectivity index (χ1n) is 6.68. The number of fused-ring (bicyclic) bond motifs is 1. The van der Waals surface area contributed by atoms with Gasteiger partial charge in [0.15, 0.2) is 0 Å². The Balaban J connectivity index is 2.05.